The van der Waals surface area contributed by atoms with Crippen LogP contribution in [0.2, 0.25) is 0 Å². The number of ether oxygens (including phenoxy) is 2. The van der Waals surface area contributed by atoms with Gasteiger partial charge < -0.3 is 41.2 Å². The molecule has 0 unspecified atom stereocenters. The summed E-state index contributed by atoms with van der Waals surface area (Å²) in [6, 6.07) is 34.2. The van der Waals surface area contributed by atoms with Crippen LogP contribution in [-0.2, 0) is 73.5 Å². The molecule has 2 heterocycles. The highest BCUT2D eigenvalue weighted by molar-refractivity contribution is 6.01. The summed E-state index contributed by atoms with van der Waals surface area (Å²) in [7, 11) is 0. The lowest BCUT2D eigenvalue weighted by Crippen LogP contribution is -2.60. The highest BCUT2D eigenvalue weighted by Crippen LogP contribution is 2.21. The lowest BCUT2D eigenvalue weighted by molar-refractivity contribution is -0.173. The Hall–Kier alpha value is -8.14. The van der Waals surface area contributed by atoms with Gasteiger partial charge in [0.05, 0.1) is 0 Å². The number of nitrogens with one attached hydrogen (secondary N) is 5. The molecule has 340 valence electrons. The number of carbonyl (C=O) groups excluding carboxylic acids is 7. The van der Waals surface area contributed by atoms with Crippen LogP contribution in [-0.4, -0.2) is 88.9 Å². The zero-order valence-corrected chi connectivity index (χ0v) is 36.1. The number of aliphatic carboxylic acids is 1. The summed E-state index contributed by atoms with van der Waals surface area (Å²) in [5.41, 5.74) is 4.19. The Bertz CT molecular complexity index is 2520. The van der Waals surface area contributed by atoms with Crippen LogP contribution in [0.15, 0.2) is 140 Å². The Kier molecular flexibility index (Phi) is 16.1. The van der Waals surface area contributed by atoms with E-state index in [1.807, 2.05) is 42.5 Å². The van der Waals surface area contributed by atoms with E-state index < -0.39 is 83.8 Å². The van der Waals surface area contributed by atoms with E-state index in [1.54, 1.807) is 72.8 Å². The van der Waals surface area contributed by atoms with E-state index in [4.69, 9.17) is 9.47 Å². The van der Waals surface area contributed by atoms with Crippen molar-refractivity contribution in [3.63, 3.8) is 0 Å². The predicted octanol–water partition coefficient (Wildman–Crippen LogP) is 3.46. The molecule has 2 aliphatic heterocycles. The smallest absolute Gasteiger partial charge is 0.326 e. The van der Waals surface area contributed by atoms with Gasteiger partial charge in [0.2, 0.25) is 29.9 Å². The van der Waals surface area contributed by atoms with Gasteiger partial charge >= 0.3 is 17.9 Å². The van der Waals surface area contributed by atoms with Gasteiger partial charge in [0.25, 0.3) is 11.8 Å². The van der Waals surface area contributed by atoms with Crippen molar-refractivity contribution in [1.29, 1.82) is 0 Å². The van der Waals surface area contributed by atoms with E-state index >= 15 is 0 Å². The summed E-state index contributed by atoms with van der Waals surface area (Å²) in [5, 5.41) is 23.4. The quantitative estimate of drug-likeness (QED) is 0.0878. The Morgan fingerprint density at radius 2 is 0.879 bits per heavy atom. The van der Waals surface area contributed by atoms with Gasteiger partial charge in [-0.2, -0.15) is 0 Å². The number of esters is 2. The Morgan fingerprint density at radius 3 is 1.33 bits per heavy atom. The fourth-order valence-electron chi connectivity index (χ4n) is 7.33. The van der Waals surface area contributed by atoms with Gasteiger partial charge in [-0.15, -0.1) is 0 Å². The van der Waals surface area contributed by atoms with Crippen LogP contribution in [0.1, 0.15) is 36.1 Å². The standard InChI is InChI=1S/C50H49N5O11/c1-30(56)65-43-44(66-31(2)57)49(62)54-41(27-33-14-8-4-9-15-33)46(59)53-40(28-34-18-22-37(23-19-34)36-16-10-5-11-17-36)45(58)52-39(26-32-12-6-3-7-13-32)47(60)55-42(50(63)64)29-35-20-24-38(25-21-35)51-48(43)61/h3-25,39-44H,26-29H2,1-2H3,(H,51,61)(H,52,58)(H,53,59)(H,54,62)(H,55,60)(H,63,64)/t39-,40+,41-,42-,43-,44-/m1/s1. The van der Waals surface area contributed by atoms with Crippen LogP contribution in [0.4, 0.5) is 5.69 Å². The second-order valence-electron chi connectivity index (χ2n) is 15.7. The summed E-state index contributed by atoms with van der Waals surface area (Å²) >= 11 is 0. The first-order chi connectivity index (χ1) is 31.7. The second-order valence-corrected chi connectivity index (χ2v) is 15.7. The van der Waals surface area contributed by atoms with Crippen molar-refractivity contribution in [2.75, 3.05) is 5.32 Å². The number of anilines is 1. The molecular weight excluding hydrogens is 847 g/mol. The van der Waals surface area contributed by atoms with Crippen LogP contribution in [0, 0.1) is 0 Å². The number of carboxylic acid groups (broad SMARTS) is 1. The van der Waals surface area contributed by atoms with E-state index in [2.05, 4.69) is 26.6 Å². The summed E-state index contributed by atoms with van der Waals surface area (Å²) in [5.74, 6) is -8.15. The zero-order valence-electron chi connectivity index (χ0n) is 36.1. The number of carbonyl (C=O) groups is 8. The van der Waals surface area contributed by atoms with Crippen LogP contribution in [0.25, 0.3) is 11.1 Å². The lowest BCUT2D eigenvalue weighted by Gasteiger charge is -2.28. The zero-order chi connectivity index (χ0) is 47.2. The van der Waals surface area contributed by atoms with E-state index in [1.165, 1.54) is 24.3 Å². The highest BCUT2D eigenvalue weighted by Gasteiger charge is 2.41. The van der Waals surface area contributed by atoms with Crippen LogP contribution in [0.5, 0.6) is 0 Å². The van der Waals surface area contributed by atoms with Crippen LogP contribution < -0.4 is 26.6 Å². The Labute approximate surface area is 380 Å². The SMILES string of the molecule is CC(=O)O[C@H]1C(=O)Nc2ccc(cc2)C[C@H](C(=O)O)NC(=O)[C@@H](Cc2ccccc2)NC(=O)[C@H](Cc2ccc(-c3ccccc3)cc2)NC(=O)[C@@H](Cc2ccccc2)NC(=O)[C@@H]1OC(C)=O. The molecule has 5 aromatic carbocycles. The number of benzene rings is 5. The average Bonchev–Trinajstić information content (AvgIpc) is 3.30. The molecule has 6 atom stereocenters. The number of fused-ring (bicyclic) bond motifs is 18. The molecule has 0 fully saturated rings. The molecule has 0 aliphatic carbocycles. The van der Waals surface area contributed by atoms with Gasteiger partial charge in [-0.1, -0.05) is 127 Å². The minimum Gasteiger partial charge on any atom is -0.480 e. The molecular formula is C50H49N5O11. The third-order valence-corrected chi connectivity index (χ3v) is 10.6. The first kappa shape index (κ1) is 47.3. The molecule has 5 aromatic rings. The summed E-state index contributed by atoms with van der Waals surface area (Å²) in [6.45, 7) is 1.96. The van der Waals surface area contributed by atoms with Gasteiger partial charge in [-0.25, -0.2) is 4.79 Å². The third-order valence-electron chi connectivity index (χ3n) is 10.6. The van der Waals surface area contributed by atoms with Crippen molar-refractivity contribution in [3.8, 4) is 11.1 Å². The van der Waals surface area contributed by atoms with Gasteiger partial charge in [-0.05, 0) is 45.5 Å². The van der Waals surface area contributed by atoms with Crippen molar-refractivity contribution in [1.82, 2.24) is 21.3 Å². The summed E-state index contributed by atoms with van der Waals surface area (Å²) < 4.78 is 10.6. The molecule has 5 amide bonds. The maximum atomic E-state index is 14.6. The van der Waals surface area contributed by atoms with Crippen molar-refractivity contribution >= 4 is 53.1 Å². The largest absolute Gasteiger partial charge is 0.480 e. The second kappa shape index (κ2) is 22.5. The molecule has 7 rings (SSSR count). The molecule has 66 heavy (non-hydrogen) atoms. The fraction of sp³-hybridized carbons (Fsp3) is 0.240. The topological polar surface area (TPSA) is 235 Å². The molecule has 0 spiro atoms. The van der Waals surface area contributed by atoms with Gasteiger partial charge in [-0.3, -0.25) is 33.6 Å². The minimum absolute atomic E-state index is 0.0562. The average molecular weight is 896 g/mol. The normalized spacial score (nSPS) is 20.8. The number of amides is 5. The van der Waals surface area contributed by atoms with Crippen LogP contribution >= 0.6 is 0 Å². The van der Waals surface area contributed by atoms with E-state index in [9.17, 15) is 43.5 Å². The summed E-state index contributed by atoms with van der Waals surface area (Å²) in [4.78, 5) is 109. The monoisotopic (exact) mass is 895 g/mol. The molecule has 0 radical (unpaired) electrons. The number of hydrogen-bond donors (Lipinski definition) is 6. The van der Waals surface area contributed by atoms with Crippen molar-refractivity contribution in [3.05, 3.63) is 162 Å². The molecule has 0 saturated heterocycles. The first-order valence-electron chi connectivity index (χ1n) is 21.1. The molecule has 2 bridgehead atoms. The van der Waals surface area contributed by atoms with Gasteiger partial charge in [0.1, 0.15) is 24.2 Å². The lowest BCUT2D eigenvalue weighted by atomic mass is 9.98. The number of carboxylic acids is 1. The highest BCUT2D eigenvalue weighted by atomic mass is 16.6. The molecule has 0 saturated carbocycles. The molecule has 0 aromatic heterocycles. The first-order valence-corrected chi connectivity index (χ1v) is 21.1. The Balaban J connectivity index is 1.43. The third kappa shape index (κ3) is 13.4. The van der Waals surface area contributed by atoms with E-state index in [0.29, 0.717) is 22.3 Å². The molecule has 16 nitrogen and oxygen atoms in total. The number of hydrogen-bond acceptors (Lipinski definition) is 10. The van der Waals surface area contributed by atoms with E-state index in [0.717, 1.165) is 25.0 Å². The molecule has 6 N–H and O–H groups in total. The maximum Gasteiger partial charge on any atom is 0.326 e. The minimum atomic E-state index is -2.11. The predicted molar refractivity (Wildman–Crippen MR) is 241 cm³/mol. The van der Waals surface area contributed by atoms with Crippen molar-refractivity contribution in [2.24, 2.45) is 0 Å². The Morgan fingerprint density at radius 1 is 0.485 bits per heavy atom. The molecule has 16 heteroatoms. The van der Waals surface area contributed by atoms with Crippen LogP contribution in [0.3, 0.4) is 0 Å². The number of rotatable bonds is 10. The van der Waals surface area contributed by atoms with Gasteiger partial charge in [0.15, 0.2) is 0 Å². The molecule has 2 aliphatic rings. The maximum absolute atomic E-state index is 14.6. The van der Waals surface area contributed by atoms with Crippen molar-refractivity contribution < 1.29 is 52.9 Å². The summed E-state index contributed by atoms with van der Waals surface area (Å²) in [6.07, 6.45) is -4.73. The van der Waals surface area contributed by atoms with Gasteiger partial charge in [0, 0.05) is 45.2 Å². The van der Waals surface area contributed by atoms with Crippen molar-refractivity contribution in [2.45, 2.75) is 75.9 Å². The van der Waals surface area contributed by atoms with E-state index in [-0.39, 0.29) is 31.4 Å². The fourth-order valence-corrected chi connectivity index (χ4v) is 7.33.